The van der Waals surface area contributed by atoms with E-state index in [-0.39, 0.29) is 10.6 Å². The first-order valence-corrected chi connectivity index (χ1v) is 8.75. The molecule has 1 aromatic heterocycles. The number of nitro benzene ring substituents is 1. The van der Waals surface area contributed by atoms with Crippen LogP contribution in [0.1, 0.15) is 0 Å². The van der Waals surface area contributed by atoms with Gasteiger partial charge in [0.15, 0.2) is 5.13 Å². The van der Waals surface area contributed by atoms with Crippen molar-refractivity contribution in [3.05, 3.63) is 52.3 Å². The molecule has 0 aliphatic rings. The molecule has 3 aromatic rings. The number of primary sulfonamides is 1. The van der Waals surface area contributed by atoms with Gasteiger partial charge in [-0.15, -0.1) is 0 Å². The second kappa shape index (κ2) is 5.78. The molecule has 3 rings (SSSR count). The molecule has 0 amide bonds. The van der Waals surface area contributed by atoms with E-state index in [2.05, 4.69) is 10.3 Å². The van der Waals surface area contributed by atoms with E-state index in [1.54, 1.807) is 0 Å². The number of nitrogens with zero attached hydrogens (tertiary/aromatic N) is 2. The van der Waals surface area contributed by atoms with Crippen molar-refractivity contribution in [1.29, 1.82) is 0 Å². The summed E-state index contributed by atoms with van der Waals surface area (Å²) in [6.45, 7) is 0. The molecule has 1 heterocycles. The van der Waals surface area contributed by atoms with Crippen molar-refractivity contribution in [3.8, 4) is 0 Å². The lowest BCUT2D eigenvalue weighted by atomic mass is 10.2. The van der Waals surface area contributed by atoms with Crippen LogP contribution in [-0.4, -0.2) is 18.3 Å². The highest BCUT2D eigenvalue weighted by Gasteiger charge is 2.20. The molecule has 8 nitrogen and oxygen atoms in total. The Hall–Kier alpha value is -2.63. The van der Waals surface area contributed by atoms with Crippen molar-refractivity contribution in [2.24, 2.45) is 5.14 Å². The Bertz CT molecular complexity index is 1070. The van der Waals surface area contributed by atoms with Crippen molar-refractivity contribution < 1.29 is 17.7 Å². The summed E-state index contributed by atoms with van der Waals surface area (Å²) in [4.78, 5) is 14.3. The molecule has 0 fully saturated rings. The van der Waals surface area contributed by atoms with Gasteiger partial charge < -0.3 is 5.32 Å². The lowest BCUT2D eigenvalue weighted by Gasteiger charge is -2.05. The van der Waals surface area contributed by atoms with E-state index in [0.717, 1.165) is 23.5 Å². The first-order chi connectivity index (χ1) is 11.2. The number of thiazole rings is 1. The smallest absolute Gasteiger partial charge is 0.294 e. The average Bonchev–Trinajstić information content (AvgIpc) is 2.87. The molecule has 124 valence electrons. The van der Waals surface area contributed by atoms with Gasteiger partial charge >= 0.3 is 0 Å². The number of nitro groups is 1. The van der Waals surface area contributed by atoms with Gasteiger partial charge in [0, 0.05) is 6.07 Å². The normalized spacial score (nSPS) is 11.6. The third-order valence-corrected chi connectivity index (χ3v) is 4.93. The summed E-state index contributed by atoms with van der Waals surface area (Å²) in [6, 6.07) is 7.30. The largest absolute Gasteiger partial charge is 0.326 e. The number of halogens is 1. The fraction of sp³-hybridized carbons (Fsp3) is 0. The third kappa shape index (κ3) is 3.18. The van der Waals surface area contributed by atoms with E-state index in [9.17, 15) is 22.9 Å². The summed E-state index contributed by atoms with van der Waals surface area (Å²) in [5, 5.41) is 19.2. The predicted molar refractivity (Wildman–Crippen MR) is 87.3 cm³/mol. The first-order valence-electron chi connectivity index (χ1n) is 6.38. The zero-order valence-corrected chi connectivity index (χ0v) is 13.4. The second-order valence-electron chi connectivity index (χ2n) is 4.74. The Balaban J connectivity index is 2.03. The molecule has 0 saturated carbocycles. The third-order valence-electron chi connectivity index (χ3n) is 3.09. The molecule has 2 aromatic carbocycles. The topological polar surface area (TPSA) is 128 Å². The summed E-state index contributed by atoms with van der Waals surface area (Å²) in [5.41, 5.74) is 0.117. The average molecular weight is 368 g/mol. The minimum Gasteiger partial charge on any atom is -0.326 e. The van der Waals surface area contributed by atoms with Gasteiger partial charge in [0.05, 0.1) is 20.0 Å². The maximum atomic E-state index is 13.2. The SMILES string of the molecule is NS(=O)(=O)c1ccc(Nc2nc3ccc(F)cc3s2)c([N+](=O)[O-])c1. The number of hydrogen-bond acceptors (Lipinski definition) is 7. The Labute approximate surface area is 138 Å². The summed E-state index contributed by atoms with van der Waals surface area (Å²) in [6.07, 6.45) is 0. The van der Waals surface area contributed by atoms with Gasteiger partial charge in [-0.1, -0.05) is 11.3 Å². The minimum atomic E-state index is -4.06. The lowest BCUT2D eigenvalue weighted by Crippen LogP contribution is -2.12. The van der Waals surface area contributed by atoms with Crippen LogP contribution in [0.2, 0.25) is 0 Å². The van der Waals surface area contributed by atoms with E-state index in [4.69, 9.17) is 5.14 Å². The maximum Gasteiger partial charge on any atom is 0.294 e. The van der Waals surface area contributed by atoms with E-state index in [1.807, 2.05) is 0 Å². The van der Waals surface area contributed by atoms with E-state index < -0.39 is 26.5 Å². The predicted octanol–water partition coefficient (Wildman–Crippen LogP) is 2.73. The molecule has 3 N–H and O–H groups in total. The number of hydrogen-bond donors (Lipinski definition) is 2. The molecule has 11 heteroatoms. The van der Waals surface area contributed by atoms with Crippen molar-refractivity contribution in [1.82, 2.24) is 4.98 Å². The van der Waals surface area contributed by atoms with Crippen LogP contribution in [-0.2, 0) is 10.0 Å². The Morgan fingerprint density at radius 2 is 2.00 bits per heavy atom. The van der Waals surface area contributed by atoms with Gasteiger partial charge in [-0.05, 0) is 30.3 Å². The fourth-order valence-corrected chi connectivity index (χ4v) is 3.45. The van der Waals surface area contributed by atoms with E-state index in [1.165, 1.54) is 24.3 Å². The zero-order valence-electron chi connectivity index (χ0n) is 11.8. The zero-order chi connectivity index (χ0) is 17.5. The molecule has 0 bridgehead atoms. The molecule has 0 radical (unpaired) electrons. The molecule has 0 saturated heterocycles. The Morgan fingerprint density at radius 1 is 1.25 bits per heavy atom. The van der Waals surface area contributed by atoms with Gasteiger partial charge in [-0.25, -0.2) is 22.9 Å². The summed E-state index contributed by atoms with van der Waals surface area (Å²) >= 11 is 1.11. The number of nitrogens with two attached hydrogens (primary N) is 1. The van der Waals surface area contributed by atoms with Crippen molar-refractivity contribution in [3.63, 3.8) is 0 Å². The van der Waals surface area contributed by atoms with Crippen LogP contribution in [0, 0.1) is 15.9 Å². The van der Waals surface area contributed by atoms with Crippen molar-refractivity contribution in [2.75, 3.05) is 5.32 Å². The van der Waals surface area contributed by atoms with Crippen LogP contribution in [0.4, 0.5) is 20.9 Å². The quantitative estimate of drug-likeness (QED) is 0.538. The summed E-state index contributed by atoms with van der Waals surface area (Å²) in [5.74, 6) is -0.416. The standard InChI is InChI=1S/C13H9FN4O4S2/c14-7-1-3-10-12(5-7)23-13(17-10)16-9-4-2-8(24(15,21)22)6-11(9)18(19)20/h1-6H,(H,16,17)(H2,15,21,22). The molecule has 0 atom stereocenters. The van der Waals surface area contributed by atoms with E-state index in [0.29, 0.717) is 15.3 Å². The number of aromatic nitrogens is 1. The van der Waals surface area contributed by atoms with Crippen molar-refractivity contribution in [2.45, 2.75) is 4.90 Å². The van der Waals surface area contributed by atoms with Crippen LogP contribution in [0.25, 0.3) is 10.2 Å². The van der Waals surface area contributed by atoms with Gasteiger partial charge in [0.2, 0.25) is 10.0 Å². The number of anilines is 2. The fourth-order valence-electron chi connectivity index (χ4n) is 2.01. The highest BCUT2D eigenvalue weighted by atomic mass is 32.2. The molecular weight excluding hydrogens is 359 g/mol. The molecule has 0 aliphatic carbocycles. The van der Waals surface area contributed by atoms with Gasteiger partial charge in [-0.2, -0.15) is 0 Å². The summed E-state index contributed by atoms with van der Waals surface area (Å²) < 4.78 is 36.4. The molecular formula is C13H9FN4O4S2. The van der Waals surface area contributed by atoms with Gasteiger partial charge in [-0.3, -0.25) is 10.1 Å². The number of rotatable bonds is 4. The van der Waals surface area contributed by atoms with Crippen LogP contribution in [0.3, 0.4) is 0 Å². The maximum absolute atomic E-state index is 13.2. The minimum absolute atomic E-state index is 0.0481. The molecule has 0 spiro atoms. The van der Waals surface area contributed by atoms with E-state index >= 15 is 0 Å². The molecule has 24 heavy (non-hydrogen) atoms. The number of fused-ring (bicyclic) bond motifs is 1. The number of sulfonamides is 1. The number of nitrogens with one attached hydrogen (secondary N) is 1. The lowest BCUT2D eigenvalue weighted by molar-refractivity contribution is -0.384. The highest BCUT2D eigenvalue weighted by molar-refractivity contribution is 7.89. The monoisotopic (exact) mass is 368 g/mol. The van der Waals surface area contributed by atoms with Crippen LogP contribution < -0.4 is 10.5 Å². The Morgan fingerprint density at radius 3 is 2.67 bits per heavy atom. The Kier molecular flexibility index (Phi) is 3.91. The van der Waals surface area contributed by atoms with Gasteiger partial charge in [0.25, 0.3) is 5.69 Å². The molecule has 0 unspecified atom stereocenters. The van der Waals surface area contributed by atoms with Crippen LogP contribution in [0.15, 0.2) is 41.3 Å². The summed E-state index contributed by atoms with van der Waals surface area (Å²) in [7, 11) is -4.06. The molecule has 0 aliphatic heterocycles. The van der Waals surface area contributed by atoms with Gasteiger partial charge in [0.1, 0.15) is 11.5 Å². The first kappa shape index (κ1) is 16.2. The van der Waals surface area contributed by atoms with Crippen LogP contribution >= 0.6 is 11.3 Å². The van der Waals surface area contributed by atoms with Crippen molar-refractivity contribution >= 4 is 48.1 Å². The van der Waals surface area contributed by atoms with Crippen LogP contribution in [0.5, 0.6) is 0 Å². The second-order valence-corrected chi connectivity index (χ2v) is 7.33. The highest BCUT2D eigenvalue weighted by Crippen LogP contribution is 2.33. The number of benzene rings is 2.